The molecule has 0 aliphatic carbocycles. The van der Waals surface area contributed by atoms with E-state index in [-0.39, 0.29) is 5.91 Å². The second kappa shape index (κ2) is 6.34. The standard InChI is InChI=1S/C15H15NO3S/c1-18-11-7-5-8-12(19-2)14(11)15(17)16-10-6-3-4-9-13(10)20/h3-9,20H,1-2H3,(H,16,17). The van der Waals surface area contributed by atoms with Crippen LogP contribution >= 0.6 is 12.6 Å². The van der Waals surface area contributed by atoms with Crippen molar-refractivity contribution in [3.8, 4) is 11.5 Å². The Morgan fingerprint density at radius 3 is 2.15 bits per heavy atom. The van der Waals surface area contributed by atoms with Gasteiger partial charge in [-0.2, -0.15) is 0 Å². The lowest BCUT2D eigenvalue weighted by Gasteiger charge is -2.13. The van der Waals surface area contributed by atoms with E-state index in [0.717, 1.165) is 0 Å². The van der Waals surface area contributed by atoms with Crippen LogP contribution in [0.5, 0.6) is 11.5 Å². The number of thiol groups is 1. The first-order valence-corrected chi connectivity index (χ1v) is 6.42. The Kier molecular flexibility index (Phi) is 4.53. The van der Waals surface area contributed by atoms with Crippen LogP contribution in [0.15, 0.2) is 47.4 Å². The fourth-order valence-electron chi connectivity index (χ4n) is 1.84. The summed E-state index contributed by atoms with van der Waals surface area (Å²) in [6.45, 7) is 0. The van der Waals surface area contributed by atoms with Gasteiger partial charge in [0.1, 0.15) is 17.1 Å². The van der Waals surface area contributed by atoms with Gasteiger partial charge in [-0.1, -0.05) is 18.2 Å². The molecular formula is C15H15NO3S. The van der Waals surface area contributed by atoms with Gasteiger partial charge >= 0.3 is 0 Å². The number of carbonyl (C=O) groups is 1. The van der Waals surface area contributed by atoms with Gasteiger partial charge in [0.05, 0.1) is 19.9 Å². The molecule has 0 unspecified atom stereocenters. The van der Waals surface area contributed by atoms with Crippen LogP contribution in [0.1, 0.15) is 10.4 Å². The largest absolute Gasteiger partial charge is 0.496 e. The Balaban J connectivity index is 2.36. The van der Waals surface area contributed by atoms with Crippen molar-refractivity contribution in [3.05, 3.63) is 48.0 Å². The van der Waals surface area contributed by atoms with Gasteiger partial charge in [-0.05, 0) is 24.3 Å². The number of rotatable bonds is 4. The summed E-state index contributed by atoms with van der Waals surface area (Å²) in [4.78, 5) is 13.1. The van der Waals surface area contributed by atoms with Crippen LogP contribution < -0.4 is 14.8 Å². The Morgan fingerprint density at radius 1 is 1.00 bits per heavy atom. The van der Waals surface area contributed by atoms with Crippen molar-refractivity contribution in [2.45, 2.75) is 4.90 Å². The third kappa shape index (κ3) is 2.88. The van der Waals surface area contributed by atoms with Gasteiger partial charge in [0.2, 0.25) is 0 Å². The molecular weight excluding hydrogens is 274 g/mol. The first-order valence-electron chi connectivity index (χ1n) is 5.97. The average molecular weight is 289 g/mol. The monoisotopic (exact) mass is 289 g/mol. The van der Waals surface area contributed by atoms with Crippen LogP contribution in [0.2, 0.25) is 0 Å². The van der Waals surface area contributed by atoms with Crippen LogP contribution in [0, 0.1) is 0 Å². The smallest absolute Gasteiger partial charge is 0.263 e. The Bertz CT molecular complexity index is 606. The van der Waals surface area contributed by atoms with Crippen LogP contribution in [0.3, 0.4) is 0 Å². The second-order valence-electron chi connectivity index (χ2n) is 4.01. The van der Waals surface area contributed by atoms with Crippen LogP contribution in [0.25, 0.3) is 0 Å². The summed E-state index contributed by atoms with van der Waals surface area (Å²) in [5.74, 6) is 0.609. The molecule has 0 radical (unpaired) electrons. The number of para-hydroxylation sites is 1. The fourth-order valence-corrected chi connectivity index (χ4v) is 2.06. The SMILES string of the molecule is COc1cccc(OC)c1C(=O)Nc1ccccc1S. The molecule has 1 N–H and O–H groups in total. The summed E-state index contributed by atoms with van der Waals surface area (Å²) >= 11 is 4.31. The van der Waals surface area contributed by atoms with Gasteiger partial charge in [0.15, 0.2) is 0 Å². The first-order chi connectivity index (χ1) is 9.67. The van der Waals surface area contributed by atoms with Gasteiger partial charge in [0, 0.05) is 4.90 Å². The van der Waals surface area contributed by atoms with Crippen molar-refractivity contribution >= 4 is 24.2 Å². The molecule has 5 heteroatoms. The summed E-state index contributed by atoms with van der Waals surface area (Å²) in [5, 5.41) is 2.80. The lowest BCUT2D eigenvalue weighted by atomic mass is 10.1. The van der Waals surface area contributed by atoms with Crippen molar-refractivity contribution in [1.29, 1.82) is 0 Å². The lowest BCUT2D eigenvalue weighted by Crippen LogP contribution is -2.14. The second-order valence-corrected chi connectivity index (χ2v) is 4.49. The summed E-state index contributed by atoms with van der Waals surface area (Å²) < 4.78 is 10.4. The lowest BCUT2D eigenvalue weighted by molar-refractivity contribution is 0.102. The maximum absolute atomic E-state index is 12.4. The first kappa shape index (κ1) is 14.3. The highest BCUT2D eigenvalue weighted by molar-refractivity contribution is 7.80. The van der Waals surface area contributed by atoms with Crippen molar-refractivity contribution in [2.75, 3.05) is 19.5 Å². The van der Waals surface area contributed by atoms with Gasteiger partial charge < -0.3 is 14.8 Å². The number of hydrogen-bond acceptors (Lipinski definition) is 4. The third-order valence-corrected chi connectivity index (χ3v) is 3.20. The minimum atomic E-state index is -0.305. The zero-order valence-electron chi connectivity index (χ0n) is 11.2. The van der Waals surface area contributed by atoms with Gasteiger partial charge in [-0.15, -0.1) is 12.6 Å². The van der Waals surface area contributed by atoms with Crippen molar-refractivity contribution < 1.29 is 14.3 Å². The van der Waals surface area contributed by atoms with Gasteiger partial charge in [-0.3, -0.25) is 4.79 Å². The van der Waals surface area contributed by atoms with E-state index in [1.54, 1.807) is 30.3 Å². The number of carbonyl (C=O) groups excluding carboxylic acids is 1. The van der Waals surface area contributed by atoms with Crippen molar-refractivity contribution in [1.82, 2.24) is 0 Å². The van der Waals surface area contributed by atoms with Crippen LogP contribution in [-0.2, 0) is 0 Å². The molecule has 0 spiro atoms. The number of methoxy groups -OCH3 is 2. The maximum Gasteiger partial charge on any atom is 0.263 e. The van der Waals surface area contributed by atoms with Gasteiger partial charge in [-0.25, -0.2) is 0 Å². The maximum atomic E-state index is 12.4. The summed E-state index contributed by atoms with van der Waals surface area (Å²) in [6, 6.07) is 12.5. The molecule has 0 heterocycles. The topological polar surface area (TPSA) is 47.6 Å². The zero-order valence-corrected chi connectivity index (χ0v) is 12.1. The van der Waals surface area contributed by atoms with E-state index in [1.807, 2.05) is 12.1 Å². The number of benzene rings is 2. The average Bonchev–Trinajstić information content (AvgIpc) is 2.48. The quantitative estimate of drug-likeness (QED) is 0.849. The normalized spacial score (nSPS) is 9.95. The molecule has 104 valence electrons. The fraction of sp³-hybridized carbons (Fsp3) is 0.133. The highest BCUT2D eigenvalue weighted by Gasteiger charge is 2.18. The number of nitrogens with one attached hydrogen (secondary N) is 1. The van der Waals surface area contributed by atoms with E-state index >= 15 is 0 Å². The summed E-state index contributed by atoms with van der Waals surface area (Å²) in [7, 11) is 3.02. The van der Waals surface area contributed by atoms with Crippen molar-refractivity contribution in [2.24, 2.45) is 0 Å². The number of ether oxygens (including phenoxy) is 2. The molecule has 1 amide bonds. The molecule has 20 heavy (non-hydrogen) atoms. The number of anilines is 1. The molecule has 0 fully saturated rings. The molecule has 0 aliphatic heterocycles. The van der Waals surface area contributed by atoms with E-state index in [2.05, 4.69) is 17.9 Å². The highest BCUT2D eigenvalue weighted by atomic mass is 32.1. The molecule has 2 aromatic carbocycles. The van der Waals surface area contributed by atoms with E-state index in [9.17, 15) is 4.79 Å². The van der Waals surface area contributed by atoms with Gasteiger partial charge in [0.25, 0.3) is 5.91 Å². The number of hydrogen-bond donors (Lipinski definition) is 2. The van der Waals surface area contributed by atoms with E-state index in [4.69, 9.17) is 9.47 Å². The van der Waals surface area contributed by atoms with E-state index in [0.29, 0.717) is 27.6 Å². The number of amides is 1. The predicted molar refractivity (Wildman–Crippen MR) is 81.2 cm³/mol. The molecule has 0 saturated heterocycles. The molecule has 0 atom stereocenters. The van der Waals surface area contributed by atoms with Crippen LogP contribution in [0.4, 0.5) is 5.69 Å². The minimum absolute atomic E-state index is 0.305. The molecule has 2 rings (SSSR count). The molecule has 0 aliphatic rings. The Morgan fingerprint density at radius 2 is 1.60 bits per heavy atom. The minimum Gasteiger partial charge on any atom is -0.496 e. The predicted octanol–water partition coefficient (Wildman–Crippen LogP) is 3.24. The highest BCUT2D eigenvalue weighted by Crippen LogP contribution is 2.29. The molecule has 0 bridgehead atoms. The Hall–Kier alpha value is -2.14. The van der Waals surface area contributed by atoms with E-state index in [1.165, 1.54) is 14.2 Å². The van der Waals surface area contributed by atoms with E-state index < -0.39 is 0 Å². The van der Waals surface area contributed by atoms with Crippen LogP contribution in [-0.4, -0.2) is 20.1 Å². The molecule has 4 nitrogen and oxygen atoms in total. The summed E-state index contributed by atoms with van der Waals surface area (Å²) in [6.07, 6.45) is 0. The third-order valence-electron chi connectivity index (χ3n) is 2.81. The van der Waals surface area contributed by atoms with Crippen molar-refractivity contribution in [3.63, 3.8) is 0 Å². The zero-order chi connectivity index (χ0) is 14.5. The molecule has 0 saturated carbocycles. The Labute approximate surface area is 123 Å². The molecule has 0 aromatic heterocycles. The molecule has 2 aromatic rings. The summed E-state index contributed by atoms with van der Waals surface area (Å²) in [5.41, 5.74) is 0.989.